The maximum Gasteiger partial charge on any atom is 0.191 e. The number of halogens is 2. The Bertz CT molecular complexity index is 695. The Morgan fingerprint density at radius 2 is 1.92 bits per heavy atom. The average molecular weight is 475 g/mol. The second-order valence-electron chi connectivity index (χ2n) is 5.81. The van der Waals surface area contributed by atoms with Crippen molar-refractivity contribution in [2.45, 2.75) is 13.3 Å². The molecule has 0 unspecified atom stereocenters. The molecule has 0 bridgehead atoms. The number of aliphatic imine (C=N–C) groups is 1. The SMILES string of the molecule is Cc1cnc(CCN=C(N)N2CCN(c3ccc(F)cc3)CC2)s1.I. The number of aromatic nitrogens is 1. The highest BCUT2D eigenvalue weighted by Crippen LogP contribution is 2.17. The second-order valence-corrected chi connectivity index (χ2v) is 7.12. The molecule has 136 valence electrons. The van der Waals surface area contributed by atoms with Gasteiger partial charge in [-0.15, -0.1) is 35.3 Å². The number of nitrogens with zero attached hydrogens (tertiary/aromatic N) is 4. The lowest BCUT2D eigenvalue weighted by Gasteiger charge is -2.36. The van der Waals surface area contributed by atoms with E-state index in [-0.39, 0.29) is 29.8 Å². The third-order valence-electron chi connectivity index (χ3n) is 4.06. The van der Waals surface area contributed by atoms with Crippen molar-refractivity contribution in [3.05, 3.63) is 46.2 Å². The number of rotatable bonds is 4. The predicted molar refractivity (Wildman–Crippen MR) is 113 cm³/mol. The van der Waals surface area contributed by atoms with Crippen LogP contribution in [-0.4, -0.2) is 48.6 Å². The second kappa shape index (κ2) is 9.33. The van der Waals surface area contributed by atoms with Crippen LogP contribution in [0.2, 0.25) is 0 Å². The van der Waals surface area contributed by atoms with E-state index in [0.717, 1.165) is 43.3 Å². The molecule has 0 amide bonds. The molecule has 0 aliphatic carbocycles. The van der Waals surface area contributed by atoms with Crippen molar-refractivity contribution in [2.24, 2.45) is 10.7 Å². The van der Waals surface area contributed by atoms with Gasteiger partial charge in [0.2, 0.25) is 0 Å². The number of guanidine groups is 1. The van der Waals surface area contributed by atoms with Gasteiger partial charge >= 0.3 is 0 Å². The van der Waals surface area contributed by atoms with E-state index in [1.54, 1.807) is 11.3 Å². The topological polar surface area (TPSA) is 57.8 Å². The highest BCUT2D eigenvalue weighted by Gasteiger charge is 2.18. The number of aryl methyl sites for hydroxylation is 1. The van der Waals surface area contributed by atoms with Crippen LogP contribution >= 0.6 is 35.3 Å². The average Bonchev–Trinajstić information content (AvgIpc) is 3.01. The fourth-order valence-electron chi connectivity index (χ4n) is 2.73. The molecule has 1 aliphatic rings. The summed E-state index contributed by atoms with van der Waals surface area (Å²) in [5.74, 6) is 0.395. The number of piperazine rings is 1. The van der Waals surface area contributed by atoms with Gasteiger partial charge in [0, 0.05) is 55.9 Å². The minimum Gasteiger partial charge on any atom is -0.370 e. The van der Waals surface area contributed by atoms with E-state index in [2.05, 4.69) is 26.7 Å². The van der Waals surface area contributed by atoms with Crippen molar-refractivity contribution in [1.29, 1.82) is 0 Å². The fourth-order valence-corrected chi connectivity index (χ4v) is 3.50. The zero-order valence-corrected chi connectivity index (χ0v) is 17.3. The highest BCUT2D eigenvalue weighted by molar-refractivity contribution is 14.0. The normalized spacial score (nSPS) is 15.2. The summed E-state index contributed by atoms with van der Waals surface area (Å²) in [4.78, 5) is 14.4. The van der Waals surface area contributed by atoms with Crippen LogP contribution < -0.4 is 10.6 Å². The fraction of sp³-hybridized carbons (Fsp3) is 0.412. The van der Waals surface area contributed by atoms with Crippen molar-refractivity contribution in [3.63, 3.8) is 0 Å². The van der Waals surface area contributed by atoms with E-state index < -0.39 is 0 Å². The van der Waals surface area contributed by atoms with E-state index in [0.29, 0.717) is 12.5 Å². The molecule has 2 aromatic rings. The van der Waals surface area contributed by atoms with E-state index in [4.69, 9.17) is 5.73 Å². The summed E-state index contributed by atoms with van der Waals surface area (Å²) in [6, 6.07) is 6.63. The number of thiazole rings is 1. The predicted octanol–water partition coefficient (Wildman–Crippen LogP) is 2.89. The molecule has 0 saturated carbocycles. The van der Waals surface area contributed by atoms with Gasteiger partial charge in [-0.1, -0.05) is 0 Å². The third-order valence-corrected chi connectivity index (χ3v) is 5.04. The van der Waals surface area contributed by atoms with Crippen LogP contribution in [0.4, 0.5) is 10.1 Å². The Morgan fingerprint density at radius 1 is 1.24 bits per heavy atom. The maximum absolute atomic E-state index is 13.0. The number of hydrogen-bond donors (Lipinski definition) is 1. The van der Waals surface area contributed by atoms with Gasteiger partial charge in [0.25, 0.3) is 0 Å². The summed E-state index contributed by atoms with van der Waals surface area (Å²) < 4.78 is 13.0. The van der Waals surface area contributed by atoms with Gasteiger partial charge in [0.1, 0.15) is 5.82 Å². The summed E-state index contributed by atoms with van der Waals surface area (Å²) in [6.07, 6.45) is 2.72. The molecule has 25 heavy (non-hydrogen) atoms. The first kappa shape index (κ1) is 19.9. The lowest BCUT2D eigenvalue weighted by atomic mass is 10.2. The van der Waals surface area contributed by atoms with Gasteiger partial charge in [-0.25, -0.2) is 9.37 Å². The van der Waals surface area contributed by atoms with Crippen molar-refractivity contribution < 1.29 is 4.39 Å². The zero-order valence-electron chi connectivity index (χ0n) is 14.2. The molecule has 1 aromatic heterocycles. The summed E-state index contributed by atoms with van der Waals surface area (Å²) in [7, 11) is 0. The molecule has 1 aliphatic heterocycles. The first-order valence-electron chi connectivity index (χ1n) is 8.08. The molecule has 0 atom stereocenters. The lowest BCUT2D eigenvalue weighted by molar-refractivity contribution is 0.381. The molecule has 2 heterocycles. The molecule has 1 saturated heterocycles. The monoisotopic (exact) mass is 475 g/mol. The summed E-state index contributed by atoms with van der Waals surface area (Å²) >= 11 is 1.71. The minimum atomic E-state index is -0.204. The molecular weight excluding hydrogens is 452 g/mol. The van der Waals surface area contributed by atoms with Crippen LogP contribution in [-0.2, 0) is 6.42 Å². The van der Waals surface area contributed by atoms with Crippen LogP contribution in [0, 0.1) is 12.7 Å². The van der Waals surface area contributed by atoms with Crippen molar-refractivity contribution in [2.75, 3.05) is 37.6 Å². The van der Waals surface area contributed by atoms with Gasteiger partial charge in [0.15, 0.2) is 5.96 Å². The maximum atomic E-state index is 13.0. The van der Waals surface area contributed by atoms with Gasteiger partial charge < -0.3 is 15.5 Å². The van der Waals surface area contributed by atoms with Crippen molar-refractivity contribution >= 4 is 47.0 Å². The summed E-state index contributed by atoms with van der Waals surface area (Å²) in [6.45, 7) is 6.07. The largest absolute Gasteiger partial charge is 0.370 e. The minimum absolute atomic E-state index is 0. The first-order valence-corrected chi connectivity index (χ1v) is 8.90. The van der Waals surface area contributed by atoms with Gasteiger partial charge in [-0.2, -0.15) is 0 Å². The number of hydrogen-bond acceptors (Lipinski definition) is 4. The lowest BCUT2D eigenvalue weighted by Crippen LogP contribution is -2.51. The van der Waals surface area contributed by atoms with Crippen LogP contribution in [0.1, 0.15) is 9.88 Å². The molecule has 1 fully saturated rings. The van der Waals surface area contributed by atoms with Crippen LogP contribution in [0.3, 0.4) is 0 Å². The number of anilines is 1. The molecule has 0 radical (unpaired) electrons. The molecule has 8 heteroatoms. The molecule has 2 N–H and O–H groups in total. The zero-order chi connectivity index (χ0) is 16.9. The Labute approximate surface area is 168 Å². The number of benzene rings is 1. The first-order chi connectivity index (χ1) is 11.6. The van der Waals surface area contributed by atoms with Crippen LogP contribution in [0.5, 0.6) is 0 Å². The van der Waals surface area contributed by atoms with Crippen molar-refractivity contribution in [3.8, 4) is 0 Å². The summed E-state index contributed by atoms with van der Waals surface area (Å²) in [5.41, 5.74) is 7.16. The molecule has 3 rings (SSSR count). The Hall–Kier alpha value is -1.42. The highest BCUT2D eigenvalue weighted by atomic mass is 127. The molecule has 0 spiro atoms. The van der Waals surface area contributed by atoms with Crippen molar-refractivity contribution in [1.82, 2.24) is 9.88 Å². The standard InChI is InChI=1S/C17H22FN5S.HI/c1-13-12-21-16(24-13)6-7-20-17(19)23-10-8-22(9-11-23)15-4-2-14(18)3-5-15;/h2-5,12H,6-11H2,1H3,(H2,19,20);1H. The van der Waals surface area contributed by atoms with Crippen LogP contribution in [0.25, 0.3) is 0 Å². The van der Waals surface area contributed by atoms with E-state index in [1.165, 1.54) is 17.0 Å². The Balaban J connectivity index is 0.00000225. The van der Waals surface area contributed by atoms with E-state index >= 15 is 0 Å². The van der Waals surface area contributed by atoms with E-state index in [1.807, 2.05) is 18.3 Å². The molecule has 5 nitrogen and oxygen atoms in total. The molecule has 1 aromatic carbocycles. The number of nitrogens with two attached hydrogens (primary N) is 1. The van der Waals surface area contributed by atoms with Gasteiger partial charge in [-0.3, -0.25) is 4.99 Å². The third kappa shape index (κ3) is 5.53. The van der Waals surface area contributed by atoms with Crippen LogP contribution in [0.15, 0.2) is 35.5 Å². The van der Waals surface area contributed by atoms with Gasteiger partial charge in [-0.05, 0) is 31.2 Å². The quantitative estimate of drug-likeness (QED) is 0.420. The Kier molecular flexibility index (Phi) is 7.42. The smallest absolute Gasteiger partial charge is 0.191 e. The Morgan fingerprint density at radius 3 is 2.52 bits per heavy atom. The summed E-state index contributed by atoms with van der Waals surface area (Å²) in [5, 5.41) is 1.10. The van der Waals surface area contributed by atoms with Gasteiger partial charge in [0.05, 0.1) is 5.01 Å². The molecular formula is C17H23FIN5S. The van der Waals surface area contributed by atoms with E-state index in [9.17, 15) is 4.39 Å².